The zero-order chi connectivity index (χ0) is 16.7. The van der Waals surface area contributed by atoms with E-state index in [0.29, 0.717) is 11.3 Å². The van der Waals surface area contributed by atoms with Gasteiger partial charge in [0.25, 0.3) is 0 Å². The van der Waals surface area contributed by atoms with E-state index in [-0.39, 0.29) is 12.8 Å². The van der Waals surface area contributed by atoms with Gasteiger partial charge in [-0.15, -0.1) is 0 Å². The van der Waals surface area contributed by atoms with Crippen LogP contribution in [0.4, 0.5) is 13.2 Å². The molecule has 6 heteroatoms. The molecule has 1 aliphatic rings. The fraction of sp³-hybridized carbons (Fsp3) is 0.353. The Balaban J connectivity index is 1.95. The van der Waals surface area contributed by atoms with Crippen molar-refractivity contribution < 1.29 is 23.4 Å². The first kappa shape index (κ1) is 16.0. The van der Waals surface area contributed by atoms with E-state index in [0.717, 1.165) is 12.1 Å². The third-order valence-corrected chi connectivity index (χ3v) is 4.48. The summed E-state index contributed by atoms with van der Waals surface area (Å²) in [5, 5.41) is 20.4. The summed E-state index contributed by atoms with van der Waals surface area (Å²) >= 11 is 0. The summed E-state index contributed by atoms with van der Waals surface area (Å²) in [5.74, 6) is 0. The molecule has 1 aromatic carbocycles. The molecule has 0 radical (unpaired) electrons. The van der Waals surface area contributed by atoms with Gasteiger partial charge >= 0.3 is 6.18 Å². The normalized spacial score (nSPS) is 25.7. The van der Waals surface area contributed by atoms with Crippen LogP contribution in [0.25, 0.3) is 0 Å². The molecule has 1 atom stereocenters. The van der Waals surface area contributed by atoms with Gasteiger partial charge in [0, 0.05) is 11.6 Å². The minimum absolute atomic E-state index is 0.288. The van der Waals surface area contributed by atoms with Crippen LogP contribution in [0.2, 0.25) is 0 Å². The molecule has 23 heavy (non-hydrogen) atoms. The van der Waals surface area contributed by atoms with Gasteiger partial charge in [0.2, 0.25) is 0 Å². The Kier molecular flexibility index (Phi) is 3.90. The van der Waals surface area contributed by atoms with Crippen molar-refractivity contribution in [2.75, 3.05) is 0 Å². The molecule has 0 unspecified atom stereocenters. The summed E-state index contributed by atoms with van der Waals surface area (Å²) in [4.78, 5) is 4.12. The van der Waals surface area contributed by atoms with Gasteiger partial charge in [0.1, 0.15) is 6.10 Å². The van der Waals surface area contributed by atoms with Crippen LogP contribution in [-0.4, -0.2) is 21.3 Å². The molecule has 1 fully saturated rings. The Morgan fingerprint density at radius 3 is 2.22 bits per heavy atom. The van der Waals surface area contributed by atoms with Crippen LogP contribution >= 0.6 is 0 Å². The van der Waals surface area contributed by atoms with E-state index in [9.17, 15) is 23.4 Å². The number of aliphatic hydroxyl groups is 2. The van der Waals surface area contributed by atoms with Crippen molar-refractivity contribution in [3.8, 4) is 0 Å². The Bertz CT molecular complexity index is 664. The first-order valence-corrected chi connectivity index (χ1v) is 7.28. The van der Waals surface area contributed by atoms with E-state index in [1.165, 1.54) is 12.1 Å². The molecule has 0 aliphatic heterocycles. The lowest BCUT2D eigenvalue weighted by Gasteiger charge is -2.48. The van der Waals surface area contributed by atoms with E-state index in [2.05, 4.69) is 4.98 Å². The number of pyridine rings is 1. The lowest BCUT2D eigenvalue weighted by atomic mass is 9.59. The predicted octanol–water partition coefficient (Wildman–Crippen LogP) is 3.23. The van der Waals surface area contributed by atoms with Gasteiger partial charge < -0.3 is 10.2 Å². The van der Waals surface area contributed by atoms with Crippen molar-refractivity contribution >= 4 is 0 Å². The molecule has 3 nitrogen and oxygen atoms in total. The Hall–Kier alpha value is -1.92. The van der Waals surface area contributed by atoms with Gasteiger partial charge in [-0.3, -0.25) is 4.98 Å². The fourth-order valence-corrected chi connectivity index (χ4v) is 3.21. The quantitative estimate of drug-likeness (QED) is 0.912. The highest BCUT2D eigenvalue weighted by Crippen LogP contribution is 2.52. The van der Waals surface area contributed by atoms with Crippen molar-refractivity contribution in [3.63, 3.8) is 0 Å². The highest BCUT2D eigenvalue weighted by Gasteiger charge is 2.51. The molecule has 1 aliphatic carbocycles. The summed E-state index contributed by atoms with van der Waals surface area (Å²) in [6.07, 6.45) is -3.83. The predicted molar refractivity (Wildman–Crippen MR) is 77.6 cm³/mol. The van der Waals surface area contributed by atoms with Gasteiger partial charge in [0.05, 0.1) is 17.4 Å². The third-order valence-electron chi connectivity index (χ3n) is 4.48. The van der Waals surface area contributed by atoms with Crippen LogP contribution in [0.3, 0.4) is 0 Å². The van der Waals surface area contributed by atoms with Crippen LogP contribution in [0.15, 0.2) is 48.7 Å². The molecule has 0 saturated heterocycles. The van der Waals surface area contributed by atoms with Crippen molar-refractivity contribution in [2.45, 2.75) is 36.6 Å². The largest absolute Gasteiger partial charge is 0.416 e. The van der Waals surface area contributed by atoms with Crippen molar-refractivity contribution in [1.82, 2.24) is 4.98 Å². The second kappa shape index (κ2) is 5.62. The van der Waals surface area contributed by atoms with E-state index in [4.69, 9.17) is 0 Å². The molecule has 2 aromatic rings. The number of rotatable bonds is 3. The Morgan fingerprint density at radius 2 is 1.74 bits per heavy atom. The van der Waals surface area contributed by atoms with Gasteiger partial charge in [0.15, 0.2) is 0 Å². The molecule has 1 heterocycles. The molecule has 2 N–H and O–H groups in total. The first-order chi connectivity index (χ1) is 10.8. The number of hydrogen-bond donors (Lipinski definition) is 2. The van der Waals surface area contributed by atoms with E-state index < -0.39 is 29.4 Å². The molecule has 1 saturated carbocycles. The van der Waals surface area contributed by atoms with Gasteiger partial charge in [-0.25, -0.2) is 0 Å². The average molecular weight is 323 g/mol. The summed E-state index contributed by atoms with van der Waals surface area (Å²) < 4.78 is 38.1. The van der Waals surface area contributed by atoms with Gasteiger partial charge in [-0.1, -0.05) is 18.2 Å². The smallest absolute Gasteiger partial charge is 0.393 e. The molecule has 0 bridgehead atoms. The highest BCUT2D eigenvalue weighted by molar-refractivity contribution is 5.36. The topological polar surface area (TPSA) is 53.4 Å². The van der Waals surface area contributed by atoms with Gasteiger partial charge in [-0.2, -0.15) is 13.2 Å². The van der Waals surface area contributed by atoms with Crippen LogP contribution in [-0.2, 0) is 11.6 Å². The first-order valence-electron chi connectivity index (χ1n) is 7.28. The average Bonchev–Trinajstić information content (AvgIpc) is 2.51. The molecule has 3 rings (SSSR count). The number of benzene rings is 1. The maximum Gasteiger partial charge on any atom is 0.416 e. The van der Waals surface area contributed by atoms with Crippen LogP contribution in [0.5, 0.6) is 0 Å². The molecule has 122 valence electrons. The maximum atomic E-state index is 12.7. The van der Waals surface area contributed by atoms with E-state index >= 15 is 0 Å². The van der Waals surface area contributed by atoms with Gasteiger partial charge in [-0.05, 0) is 42.7 Å². The fourth-order valence-electron chi connectivity index (χ4n) is 3.21. The van der Waals surface area contributed by atoms with Crippen LogP contribution < -0.4 is 0 Å². The summed E-state index contributed by atoms with van der Waals surface area (Å²) in [5.41, 5.74) is -0.519. The maximum absolute atomic E-state index is 12.7. The third kappa shape index (κ3) is 2.84. The second-order valence-electron chi connectivity index (χ2n) is 5.95. The minimum atomic E-state index is -4.40. The highest BCUT2D eigenvalue weighted by atomic mass is 19.4. The monoisotopic (exact) mass is 323 g/mol. The van der Waals surface area contributed by atoms with E-state index in [1.54, 1.807) is 24.4 Å². The number of alkyl halides is 3. The van der Waals surface area contributed by atoms with Crippen molar-refractivity contribution in [2.24, 2.45) is 0 Å². The number of nitrogens with zero attached hydrogens (tertiary/aromatic N) is 1. The number of halogens is 3. The SMILES string of the molecule is O[C@H](c1ccccn1)[C@]1(c2ccc(C(F)(F)F)cc2)C[C@H](O)C1. The van der Waals surface area contributed by atoms with Crippen LogP contribution in [0.1, 0.15) is 35.8 Å². The molecule has 1 aromatic heterocycles. The lowest BCUT2D eigenvalue weighted by molar-refractivity contribution is -0.137. The summed E-state index contributed by atoms with van der Waals surface area (Å²) in [6.45, 7) is 0. The second-order valence-corrected chi connectivity index (χ2v) is 5.95. The Morgan fingerprint density at radius 1 is 1.09 bits per heavy atom. The standard InChI is InChI=1S/C17H16F3NO2/c18-17(19,20)12-6-4-11(5-7-12)16(9-13(22)10-16)15(23)14-3-1-2-8-21-14/h1-8,13,15,22-23H,9-10H2/t13-,15-,16+/m1/s1. The molecule has 0 amide bonds. The number of hydrogen-bond acceptors (Lipinski definition) is 3. The summed E-state index contributed by atoms with van der Waals surface area (Å²) in [6, 6.07) is 9.89. The van der Waals surface area contributed by atoms with Crippen LogP contribution in [0, 0.1) is 0 Å². The Labute approximate surface area is 131 Å². The number of aliphatic hydroxyl groups excluding tert-OH is 2. The van der Waals surface area contributed by atoms with Crippen molar-refractivity contribution in [1.29, 1.82) is 0 Å². The van der Waals surface area contributed by atoms with E-state index in [1.807, 2.05) is 0 Å². The zero-order valence-electron chi connectivity index (χ0n) is 12.2. The number of aromatic nitrogens is 1. The molecular weight excluding hydrogens is 307 g/mol. The zero-order valence-corrected chi connectivity index (χ0v) is 12.2. The molecule has 0 spiro atoms. The lowest BCUT2D eigenvalue weighted by Crippen LogP contribution is -2.49. The summed E-state index contributed by atoms with van der Waals surface area (Å²) in [7, 11) is 0. The molecular formula is C17H16F3NO2. The van der Waals surface area contributed by atoms with Crippen molar-refractivity contribution in [3.05, 3.63) is 65.5 Å². The minimum Gasteiger partial charge on any atom is -0.393 e.